The maximum atomic E-state index is 13.1. The molecule has 2 aromatic carbocycles. The Kier molecular flexibility index (Phi) is 10.4. The predicted molar refractivity (Wildman–Crippen MR) is 149 cm³/mol. The molecule has 0 spiro atoms. The molecule has 0 aliphatic carbocycles. The van der Waals surface area contributed by atoms with E-state index in [0.717, 1.165) is 71.8 Å². The minimum atomic E-state index is -0.756. The Morgan fingerprint density at radius 2 is 2.00 bits per heavy atom. The van der Waals surface area contributed by atoms with Crippen LogP contribution in [0.15, 0.2) is 59.6 Å². The van der Waals surface area contributed by atoms with E-state index in [1.165, 1.54) is 12.1 Å². The number of methoxy groups -OCH3 is 1. The molecule has 204 valence electrons. The van der Waals surface area contributed by atoms with Gasteiger partial charge in [-0.15, -0.1) is 11.8 Å². The third-order valence-corrected chi connectivity index (χ3v) is 8.66. The van der Waals surface area contributed by atoms with Crippen LogP contribution in [0.1, 0.15) is 50.2 Å². The first-order chi connectivity index (χ1) is 18.4. The molecule has 6 nitrogen and oxygen atoms in total. The number of piperidine rings is 1. The van der Waals surface area contributed by atoms with E-state index in [1.807, 2.05) is 36.4 Å². The van der Waals surface area contributed by atoms with Gasteiger partial charge in [-0.05, 0) is 117 Å². The zero-order valence-electron chi connectivity index (χ0n) is 21.9. The number of fused-ring (bicyclic) bond motifs is 1. The van der Waals surface area contributed by atoms with Gasteiger partial charge in [0.05, 0.1) is 18.7 Å². The summed E-state index contributed by atoms with van der Waals surface area (Å²) in [7, 11) is 1.63. The number of benzene rings is 2. The van der Waals surface area contributed by atoms with Gasteiger partial charge >= 0.3 is 5.97 Å². The Balaban J connectivity index is 1.31. The number of hydrogen-bond acceptors (Lipinski definition) is 6. The highest BCUT2D eigenvalue weighted by atomic mass is 32.2. The van der Waals surface area contributed by atoms with Crippen LogP contribution in [0.4, 0.5) is 4.39 Å². The van der Waals surface area contributed by atoms with Gasteiger partial charge in [0.1, 0.15) is 11.6 Å². The first kappa shape index (κ1) is 28.3. The summed E-state index contributed by atoms with van der Waals surface area (Å²) < 4.78 is 18.5. The van der Waals surface area contributed by atoms with Gasteiger partial charge in [0.2, 0.25) is 0 Å². The number of aliphatic carboxylic acids is 1. The second-order valence-electron chi connectivity index (χ2n) is 10.1. The van der Waals surface area contributed by atoms with Gasteiger partial charge in [-0.25, -0.2) is 4.39 Å². The lowest BCUT2D eigenvalue weighted by molar-refractivity contribution is -0.137. The molecule has 3 aromatic rings. The highest BCUT2D eigenvalue weighted by molar-refractivity contribution is 7.99. The lowest BCUT2D eigenvalue weighted by atomic mass is 9.79. The molecule has 1 saturated heterocycles. The number of aromatic nitrogens is 1. The standard InChI is InChI=1S/C30H37FN2O4S/c1-37-24-7-10-28-27(19-24)26(13-15-32-28)29(34)11-3-21-14-17-33(20-22(21)4-12-30(35)36)16-2-18-38-25-8-5-23(31)6-9-25/h5-10,13,15,19,21-22,29,34H,2-4,11-12,14,16-18,20H2,1H3,(H,35,36)/t21-,22+,29?/m1/s1. The lowest BCUT2D eigenvalue weighted by Crippen LogP contribution is -2.41. The monoisotopic (exact) mass is 540 g/mol. The van der Waals surface area contributed by atoms with Crippen LogP contribution in [0, 0.1) is 17.7 Å². The van der Waals surface area contributed by atoms with Crippen molar-refractivity contribution in [2.75, 3.05) is 32.5 Å². The van der Waals surface area contributed by atoms with Crippen LogP contribution < -0.4 is 4.74 Å². The molecule has 0 bridgehead atoms. The van der Waals surface area contributed by atoms with Crippen LogP contribution in [0.5, 0.6) is 5.75 Å². The molecule has 38 heavy (non-hydrogen) atoms. The normalized spacial score (nSPS) is 18.9. The second-order valence-corrected chi connectivity index (χ2v) is 11.2. The van der Waals surface area contributed by atoms with Crippen LogP contribution >= 0.6 is 11.8 Å². The summed E-state index contributed by atoms with van der Waals surface area (Å²) in [5.74, 6) is 1.40. The number of carboxylic acid groups (broad SMARTS) is 1. The van der Waals surface area contributed by atoms with Gasteiger partial charge in [-0.3, -0.25) is 9.78 Å². The summed E-state index contributed by atoms with van der Waals surface area (Å²) in [6, 6.07) is 14.2. The number of carboxylic acids is 1. The Bertz CT molecular complexity index is 1190. The van der Waals surface area contributed by atoms with E-state index in [1.54, 1.807) is 25.1 Å². The summed E-state index contributed by atoms with van der Waals surface area (Å²) in [6.45, 7) is 2.85. The minimum Gasteiger partial charge on any atom is -0.497 e. The van der Waals surface area contributed by atoms with E-state index < -0.39 is 12.1 Å². The summed E-state index contributed by atoms with van der Waals surface area (Å²) in [5, 5.41) is 21.3. The Labute approximate surface area is 228 Å². The molecule has 2 N–H and O–H groups in total. The van der Waals surface area contributed by atoms with Crippen molar-refractivity contribution in [1.82, 2.24) is 9.88 Å². The molecule has 1 unspecified atom stereocenters. The lowest BCUT2D eigenvalue weighted by Gasteiger charge is -2.39. The molecule has 1 aliphatic rings. The van der Waals surface area contributed by atoms with Gasteiger partial charge in [0.15, 0.2) is 0 Å². The summed E-state index contributed by atoms with van der Waals surface area (Å²) >= 11 is 1.73. The summed E-state index contributed by atoms with van der Waals surface area (Å²) in [5.41, 5.74) is 1.68. The number of pyridine rings is 1. The van der Waals surface area contributed by atoms with Crippen molar-refractivity contribution >= 4 is 28.6 Å². The molecule has 1 aliphatic heterocycles. The number of hydrogen-bond donors (Lipinski definition) is 2. The Morgan fingerprint density at radius 3 is 2.76 bits per heavy atom. The predicted octanol–water partition coefficient (Wildman–Crippen LogP) is 6.18. The van der Waals surface area contributed by atoms with Crippen molar-refractivity contribution in [1.29, 1.82) is 0 Å². The van der Waals surface area contributed by atoms with E-state index in [4.69, 9.17) is 4.74 Å². The van der Waals surface area contributed by atoms with Crippen molar-refractivity contribution in [3.05, 3.63) is 66.1 Å². The Hall–Kier alpha value is -2.68. The maximum Gasteiger partial charge on any atom is 0.303 e. The van der Waals surface area contributed by atoms with E-state index in [0.29, 0.717) is 24.7 Å². The first-order valence-corrected chi connectivity index (χ1v) is 14.3. The topological polar surface area (TPSA) is 82.9 Å². The highest BCUT2D eigenvalue weighted by Crippen LogP contribution is 2.35. The Morgan fingerprint density at radius 1 is 1.18 bits per heavy atom. The van der Waals surface area contributed by atoms with Crippen LogP contribution in [-0.4, -0.2) is 58.6 Å². The number of ether oxygens (including phenoxy) is 1. The van der Waals surface area contributed by atoms with Crippen LogP contribution in [-0.2, 0) is 4.79 Å². The molecular formula is C30H37FN2O4S. The first-order valence-electron chi connectivity index (χ1n) is 13.4. The third kappa shape index (κ3) is 7.91. The van der Waals surface area contributed by atoms with E-state index in [2.05, 4.69) is 9.88 Å². The molecule has 0 amide bonds. The second kappa shape index (κ2) is 13.9. The number of rotatable bonds is 13. The molecule has 3 atom stereocenters. The zero-order chi connectivity index (χ0) is 26.9. The van der Waals surface area contributed by atoms with Crippen molar-refractivity contribution in [3.63, 3.8) is 0 Å². The molecular weight excluding hydrogens is 503 g/mol. The van der Waals surface area contributed by atoms with E-state index in [-0.39, 0.29) is 12.2 Å². The molecule has 1 aromatic heterocycles. The fraction of sp³-hybridized carbons (Fsp3) is 0.467. The van der Waals surface area contributed by atoms with Gasteiger partial charge in [0, 0.05) is 29.4 Å². The molecule has 0 saturated carbocycles. The van der Waals surface area contributed by atoms with Crippen LogP contribution in [0.25, 0.3) is 10.9 Å². The van der Waals surface area contributed by atoms with Gasteiger partial charge < -0.3 is 19.8 Å². The average molecular weight is 541 g/mol. The minimum absolute atomic E-state index is 0.173. The number of likely N-dealkylation sites (tertiary alicyclic amines) is 1. The average Bonchev–Trinajstić information content (AvgIpc) is 2.93. The van der Waals surface area contributed by atoms with Crippen molar-refractivity contribution in [3.8, 4) is 5.75 Å². The fourth-order valence-corrected chi connectivity index (χ4v) is 6.31. The number of carbonyl (C=O) groups is 1. The van der Waals surface area contributed by atoms with E-state index >= 15 is 0 Å². The zero-order valence-corrected chi connectivity index (χ0v) is 22.7. The molecule has 4 rings (SSSR count). The van der Waals surface area contributed by atoms with Crippen molar-refractivity contribution < 1.29 is 24.1 Å². The van der Waals surface area contributed by atoms with Crippen LogP contribution in [0.3, 0.4) is 0 Å². The molecule has 0 radical (unpaired) electrons. The number of halogens is 1. The largest absolute Gasteiger partial charge is 0.497 e. The number of thioether (sulfide) groups is 1. The number of nitrogens with zero attached hydrogens (tertiary/aromatic N) is 2. The SMILES string of the molecule is COc1ccc2nccc(C(O)CC[C@@H]3CCN(CCCSc4ccc(F)cc4)C[C@@H]3CCC(=O)O)c2c1. The van der Waals surface area contributed by atoms with Crippen LogP contribution in [0.2, 0.25) is 0 Å². The summed E-state index contributed by atoms with van der Waals surface area (Å²) in [6.07, 6.45) is 5.46. The smallest absolute Gasteiger partial charge is 0.303 e. The van der Waals surface area contributed by atoms with Gasteiger partial charge in [-0.1, -0.05) is 0 Å². The number of aliphatic hydroxyl groups excluding tert-OH is 1. The molecule has 8 heteroatoms. The molecule has 1 fully saturated rings. The maximum absolute atomic E-state index is 13.1. The van der Waals surface area contributed by atoms with Crippen molar-refractivity contribution in [2.45, 2.75) is 49.5 Å². The molecule has 2 heterocycles. The van der Waals surface area contributed by atoms with Gasteiger partial charge in [0.25, 0.3) is 0 Å². The van der Waals surface area contributed by atoms with Crippen molar-refractivity contribution in [2.24, 2.45) is 11.8 Å². The highest BCUT2D eigenvalue weighted by Gasteiger charge is 2.30. The third-order valence-electron chi connectivity index (χ3n) is 7.56. The van der Waals surface area contributed by atoms with Gasteiger partial charge in [-0.2, -0.15) is 0 Å². The fourth-order valence-electron chi connectivity index (χ4n) is 5.48. The number of aliphatic hydroxyl groups is 1. The summed E-state index contributed by atoms with van der Waals surface area (Å²) in [4.78, 5) is 19.3. The quantitative estimate of drug-likeness (QED) is 0.198. The van der Waals surface area contributed by atoms with E-state index in [9.17, 15) is 19.4 Å².